The van der Waals surface area contributed by atoms with Crippen molar-refractivity contribution in [3.8, 4) is 0 Å². The molecule has 2 nitrogen and oxygen atoms in total. The first-order chi connectivity index (χ1) is 11.2. The van der Waals surface area contributed by atoms with Crippen molar-refractivity contribution in [3.63, 3.8) is 0 Å². The number of ether oxygens (including phenoxy) is 1. The van der Waals surface area contributed by atoms with E-state index in [1.807, 2.05) is 0 Å². The molecule has 23 heavy (non-hydrogen) atoms. The maximum Gasteiger partial charge on any atom is 0.161 e. The highest BCUT2D eigenvalue weighted by molar-refractivity contribution is 5.63. The van der Waals surface area contributed by atoms with E-state index in [9.17, 15) is 5.11 Å². The predicted molar refractivity (Wildman–Crippen MR) is 92.8 cm³/mol. The fourth-order valence-corrected chi connectivity index (χ4v) is 5.55. The lowest BCUT2D eigenvalue weighted by molar-refractivity contribution is -0.162. The predicted octanol–water partition coefficient (Wildman–Crippen LogP) is 4.93. The van der Waals surface area contributed by atoms with Gasteiger partial charge in [0.15, 0.2) is 6.29 Å². The molecule has 2 heteroatoms. The van der Waals surface area contributed by atoms with Gasteiger partial charge in [0.25, 0.3) is 0 Å². The number of benzene rings is 1. The lowest BCUT2D eigenvalue weighted by Gasteiger charge is -2.48. The van der Waals surface area contributed by atoms with Crippen molar-refractivity contribution in [3.05, 3.63) is 42.0 Å². The number of hydrogen-bond acceptors (Lipinski definition) is 2. The van der Waals surface area contributed by atoms with Crippen LogP contribution in [0.4, 0.5) is 0 Å². The Balaban J connectivity index is 1.62. The molecular weight excluding hydrogens is 284 g/mol. The fraction of sp³-hybridized carbons (Fsp3) is 0.619. The molecular formula is C21H28O2. The Morgan fingerprint density at radius 3 is 2.78 bits per heavy atom. The van der Waals surface area contributed by atoms with E-state index in [-0.39, 0.29) is 11.0 Å². The van der Waals surface area contributed by atoms with Crippen LogP contribution in [0.5, 0.6) is 0 Å². The topological polar surface area (TPSA) is 29.5 Å². The largest absolute Gasteiger partial charge is 0.367 e. The molecule has 1 aliphatic heterocycles. The number of allylic oxidation sites excluding steroid dienone is 2. The fourth-order valence-electron chi connectivity index (χ4n) is 5.55. The molecule has 4 rings (SSSR count). The van der Waals surface area contributed by atoms with Crippen molar-refractivity contribution < 1.29 is 9.84 Å². The first kappa shape index (κ1) is 15.4. The number of rotatable bonds is 3. The summed E-state index contributed by atoms with van der Waals surface area (Å²) in [4.78, 5) is 0. The van der Waals surface area contributed by atoms with Gasteiger partial charge >= 0.3 is 0 Å². The molecule has 1 aromatic rings. The van der Waals surface area contributed by atoms with E-state index in [2.05, 4.69) is 43.3 Å². The Morgan fingerprint density at radius 1 is 1.17 bits per heavy atom. The lowest BCUT2D eigenvalue weighted by Crippen LogP contribution is -2.47. The minimum absolute atomic E-state index is 0.00952. The summed E-state index contributed by atoms with van der Waals surface area (Å²) in [6.45, 7) is 2.19. The van der Waals surface area contributed by atoms with E-state index < -0.39 is 6.29 Å². The first-order valence-electron chi connectivity index (χ1n) is 9.24. The van der Waals surface area contributed by atoms with E-state index in [0.29, 0.717) is 5.92 Å². The van der Waals surface area contributed by atoms with Crippen LogP contribution in [-0.4, -0.2) is 17.0 Å². The van der Waals surface area contributed by atoms with E-state index in [1.54, 1.807) is 0 Å². The van der Waals surface area contributed by atoms with Gasteiger partial charge in [0.05, 0.1) is 5.60 Å². The number of aliphatic hydroxyl groups excluding tert-OH is 1. The molecule has 2 aliphatic carbocycles. The maximum absolute atomic E-state index is 10.8. The van der Waals surface area contributed by atoms with Crippen LogP contribution in [0.15, 0.2) is 36.4 Å². The van der Waals surface area contributed by atoms with Crippen molar-refractivity contribution in [2.24, 2.45) is 11.3 Å². The lowest BCUT2D eigenvalue weighted by atomic mass is 9.56. The minimum atomic E-state index is -0.576. The summed E-state index contributed by atoms with van der Waals surface area (Å²) >= 11 is 0. The molecule has 4 atom stereocenters. The monoisotopic (exact) mass is 312 g/mol. The van der Waals surface area contributed by atoms with Gasteiger partial charge in [-0.25, -0.2) is 0 Å². The standard InChI is InChI=1S/C21H28O2/c1-16(17-8-3-2-4-9-17)11-15-20-12-7-14-21(23-19(20)22)13-6-5-10-18(20)21/h2-4,8-9,11,18-19,22H,5-7,10,12-15H2,1H3/b16-11+/t18-,19?,20+,21+/m1/s1. The van der Waals surface area contributed by atoms with Gasteiger partial charge in [-0.1, -0.05) is 49.2 Å². The highest BCUT2D eigenvalue weighted by Crippen LogP contribution is 2.63. The second-order valence-electron chi connectivity index (χ2n) is 7.88. The third-order valence-corrected chi connectivity index (χ3v) is 6.77. The molecule has 1 unspecified atom stereocenters. The smallest absolute Gasteiger partial charge is 0.161 e. The van der Waals surface area contributed by atoms with E-state index in [4.69, 9.17) is 4.74 Å². The molecule has 1 heterocycles. The average Bonchev–Trinajstić information content (AvgIpc) is 2.74. The van der Waals surface area contributed by atoms with Gasteiger partial charge in [0.1, 0.15) is 0 Å². The zero-order valence-electron chi connectivity index (χ0n) is 14.1. The Bertz CT molecular complexity index is 589. The summed E-state index contributed by atoms with van der Waals surface area (Å²) in [7, 11) is 0. The number of hydrogen-bond donors (Lipinski definition) is 1. The minimum Gasteiger partial charge on any atom is -0.367 e. The van der Waals surface area contributed by atoms with E-state index in [1.165, 1.54) is 36.8 Å². The molecule has 3 fully saturated rings. The third-order valence-electron chi connectivity index (χ3n) is 6.77. The molecule has 124 valence electrons. The van der Waals surface area contributed by atoms with Crippen molar-refractivity contribution in [1.29, 1.82) is 0 Å². The zero-order valence-corrected chi connectivity index (χ0v) is 14.1. The molecule has 3 aliphatic rings. The average molecular weight is 312 g/mol. The van der Waals surface area contributed by atoms with Gasteiger partial charge in [-0.2, -0.15) is 0 Å². The second kappa shape index (κ2) is 5.75. The molecule has 1 saturated heterocycles. The quantitative estimate of drug-likeness (QED) is 0.857. The molecule has 0 spiro atoms. The highest BCUT2D eigenvalue weighted by Gasteiger charge is 2.64. The summed E-state index contributed by atoms with van der Waals surface area (Å²) in [6, 6.07) is 10.6. The Kier molecular flexibility index (Phi) is 3.85. The van der Waals surface area contributed by atoms with E-state index >= 15 is 0 Å². The Labute approximate surface area is 139 Å². The van der Waals surface area contributed by atoms with Crippen LogP contribution < -0.4 is 0 Å². The summed E-state index contributed by atoms with van der Waals surface area (Å²) in [5, 5.41) is 10.8. The van der Waals surface area contributed by atoms with Crippen LogP contribution in [0.2, 0.25) is 0 Å². The van der Waals surface area contributed by atoms with Gasteiger partial charge in [0, 0.05) is 5.41 Å². The second-order valence-corrected chi connectivity index (χ2v) is 7.88. The van der Waals surface area contributed by atoms with Crippen molar-refractivity contribution in [2.45, 2.75) is 70.2 Å². The zero-order chi connectivity index (χ0) is 15.9. The van der Waals surface area contributed by atoms with Crippen molar-refractivity contribution in [2.75, 3.05) is 0 Å². The molecule has 0 amide bonds. The normalized spacial score (nSPS) is 40.0. The van der Waals surface area contributed by atoms with Gasteiger partial charge in [0.2, 0.25) is 0 Å². The molecule has 2 bridgehead atoms. The SMILES string of the molecule is C/C(=C\C[C@@]12CCC[C@]3(CCCC[C@@H]31)OC2O)c1ccccc1. The van der Waals surface area contributed by atoms with Crippen LogP contribution in [0, 0.1) is 11.3 Å². The first-order valence-corrected chi connectivity index (χ1v) is 9.24. The summed E-state index contributed by atoms with van der Waals surface area (Å²) in [5.41, 5.74) is 2.54. The van der Waals surface area contributed by atoms with Crippen molar-refractivity contribution >= 4 is 5.57 Å². The third kappa shape index (κ3) is 2.38. The van der Waals surface area contributed by atoms with Crippen LogP contribution >= 0.6 is 0 Å². The van der Waals surface area contributed by atoms with Crippen LogP contribution in [0.25, 0.3) is 5.57 Å². The summed E-state index contributed by atoms with van der Waals surface area (Å²) in [6.07, 6.45) is 11.1. The van der Waals surface area contributed by atoms with Crippen LogP contribution in [-0.2, 0) is 4.74 Å². The van der Waals surface area contributed by atoms with E-state index in [0.717, 1.165) is 25.7 Å². The van der Waals surface area contributed by atoms with Gasteiger partial charge in [-0.3, -0.25) is 0 Å². The summed E-state index contributed by atoms with van der Waals surface area (Å²) < 4.78 is 6.24. The van der Waals surface area contributed by atoms with Crippen LogP contribution in [0.3, 0.4) is 0 Å². The van der Waals surface area contributed by atoms with Gasteiger partial charge < -0.3 is 9.84 Å². The van der Waals surface area contributed by atoms with Crippen molar-refractivity contribution in [1.82, 2.24) is 0 Å². The molecule has 0 aromatic heterocycles. The summed E-state index contributed by atoms with van der Waals surface area (Å²) in [5.74, 6) is 0.548. The molecule has 1 aromatic carbocycles. The Morgan fingerprint density at radius 2 is 1.96 bits per heavy atom. The molecule has 0 radical (unpaired) electrons. The highest BCUT2D eigenvalue weighted by atomic mass is 16.6. The Hall–Kier alpha value is -1.12. The molecule has 2 saturated carbocycles. The van der Waals surface area contributed by atoms with Gasteiger partial charge in [-0.05, 0) is 62.5 Å². The molecule has 1 N–H and O–H groups in total. The van der Waals surface area contributed by atoms with Gasteiger partial charge in [-0.15, -0.1) is 0 Å². The number of aliphatic hydroxyl groups is 1. The van der Waals surface area contributed by atoms with Crippen LogP contribution in [0.1, 0.15) is 63.9 Å². The maximum atomic E-state index is 10.8.